The van der Waals surface area contributed by atoms with E-state index in [1.165, 1.54) is 0 Å². The maximum atomic E-state index is 11.8. The quantitative estimate of drug-likeness (QED) is 0.714. The summed E-state index contributed by atoms with van der Waals surface area (Å²) >= 11 is 0. The molecule has 2 fully saturated rings. The molecule has 1 saturated heterocycles. The summed E-state index contributed by atoms with van der Waals surface area (Å²) in [4.78, 5) is 11.8. The van der Waals surface area contributed by atoms with E-state index >= 15 is 0 Å². The lowest BCUT2D eigenvalue weighted by atomic mass is 9.76. The van der Waals surface area contributed by atoms with Crippen LogP contribution in [0.2, 0.25) is 0 Å². The average molecular weight is 241 g/mol. The van der Waals surface area contributed by atoms with Crippen molar-refractivity contribution < 1.29 is 14.6 Å². The van der Waals surface area contributed by atoms with Gasteiger partial charge in [0.15, 0.2) is 0 Å². The molecule has 2 atom stereocenters. The molecule has 0 aromatic carbocycles. The number of β-amino-alcohol motifs (C(OH)–C–C–N with tert-alkyl or cyclic N) is 1. The maximum absolute atomic E-state index is 11.8. The van der Waals surface area contributed by atoms with Gasteiger partial charge in [0.05, 0.1) is 6.10 Å². The number of hydrogen-bond acceptors (Lipinski definition) is 4. The SMILES string of the molecule is CC1(C)CCC(OC(=O)C2CC(O)CN2)CC1. The first-order valence-electron chi connectivity index (χ1n) is 6.58. The lowest BCUT2D eigenvalue weighted by Gasteiger charge is -2.34. The highest BCUT2D eigenvalue weighted by Gasteiger charge is 2.33. The lowest BCUT2D eigenvalue weighted by molar-refractivity contribution is -0.153. The number of rotatable bonds is 2. The number of nitrogens with one attached hydrogen (secondary N) is 1. The van der Waals surface area contributed by atoms with Gasteiger partial charge in [0.2, 0.25) is 0 Å². The highest BCUT2D eigenvalue weighted by Crippen LogP contribution is 2.36. The zero-order valence-electron chi connectivity index (χ0n) is 10.7. The topological polar surface area (TPSA) is 58.6 Å². The van der Waals surface area contributed by atoms with E-state index in [1.54, 1.807) is 0 Å². The summed E-state index contributed by atoms with van der Waals surface area (Å²) in [6.07, 6.45) is 4.32. The fourth-order valence-electron chi connectivity index (χ4n) is 2.63. The van der Waals surface area contributed by atoms with E-state index in [0.29, 0.717) is 18.4 Å². The lowest BCUT2D eigenvalue weighted by Crippen LogP contribution is -2.36. The average Bonchev–Trinajstić information content (AvgIpc) is 2.68. The summed E-state index contributed by atoms with van der Waals surface area (Å²) in [5, 5.41) is 12.3. The van der Waals surface area contributed by atoms with Gasteiger partial charge >= 0.3 is 5.97 Å². The molecule has 2 N–H and O–H groups in total. The molecule has 0 aromatic rings. The number of aliphatic hydroxyl groups is 1. The number of carbonyl (C=O) groups excluding carboxylic acids is 1. The van der Waals surface area contributed by atoms with Crippen LogP contribution in [0.1, 0.15) is 46.0 Å². The largest absolute Gasteiger partial charge is 0.461 e. The number of ether oxygens (including phenoxy) is 1. The van der Waals surface area contributed by atoms with Crippen LogP contribution < -0.4 is 5.32 Å². The molecule has 0 radical (unpaired) electrons. The number of hydrogen-bond donors (Lipinski definition) is 2. The molecule has 17 heavy (non-hydrogen) atoms. The Labute approximate surface area is 103 Å². The Bertz CT molecular complexity index is 280. The summed E-state index contributed by atoms with van der Waals surface area (Å²) in [5.74, 6) is -0.189. The zero-order chi connectivity index (χ0) is 12.5. The van der Waals surface area contributed by atoms with E-state index in [-0.39, 0.29) is 18.1 Å². The van der Waals surface area contributed by atoms with Gasteiger partial charge in [0, 0.05) is 13.0 Å². The van der Waals surface area contributed by atoms with Crippen molar-refractivity contribution in [3.05, 3.63) is 0 Å². The molecule has 0 amide bonds. The van der Waals surface area contributed by atoms with Gasteiger partial charge in [0.1, 0.15) is 12.1 Å². The van der Waals surface area contributed by atoms with Crippen LogP contribution >= 0.6 is 0 Å². The van der Waals surface area contributed by atoms with Crippen molar-refractivity contribution in [2.24, 2.45) is 5.41 Å². The van der Waals surface area contributed by atoms with Crippen molar-refractivity contribution in [2.45, 2.75) is 64.2 Å². The van der Waals surface area contributed by atoms with Crippen LogP contribution in [0, 0.1) is 5.41 Å². The van der Waals surface area contributed by atoms with Gasteiger partial charge in [-0.25, -0.2) is 0 Å². The van der Waals surface area contributed by atoms with Crippen LogP contribution in [-0.4, -0.2) is 35.9 Å². The Kier molecular flexibility index (Phi) is 3.73. The highest BCUT2D eigenvalue weighted by molar-refractivity contribution is 5.76. The molecule has 4 heteroatoms. The van der Waals surface area contributed by atoms with Crippen LogP contribution in [-0.2, 0) is 9.53 Å². The summed E-state index contributed by atoms with van der Waals surface area (Å²) < 4.78 is 5.50. The van der Waals surface area contributed by atoms with E-state index in [4.69, 9.17) is 4.74 Å². The number of esters is 1. The van der Waals surface area contributed by atoms with E-state index in [0.717, 1.165) is 25.7 Å². The predicted molar refractivity (Wildman–Crippen MR) is 64.5 cm³/mol. The third-order valence-electron chi connectivity index (χ3n) is 3.96. The highest BCUT2D eigenvalue weighted by atomic mass is 16.5. The predicted octanol–water partition coefficient (Wildman–Crippen LogP) is 1.22. The Balaban J connectivity index is 1.76. The van der Waals surface area contributed by atoms with Gasteiger partial charge < -0.3 is 15.2 Å². The first-order chi connectivity index (χ1) is 7.96. The molecular weight excluding hydrogens is 218 g/mol. The smallest absolute Gasteiger partial charge is 0.323 e. The summed E-state index contributed by atoms with van der Waals surface area (Å²) in [5.41, 5.74) is 0.394. The molecule has 2 rings (SSSR count). The van der Waals surface area contributed by atoms with Crippen LogP contribution in [0.5, 0.6) is 0 Å². The van der Waals surface area contributed by atoms with Crippen LogP contribution in [0.25, 0.3) is 0 Å². The Morgan fingerprint density at radius 1 is 1.35 bits per heavy atom. The molecule has 1 aliphatic heterocycles. The summed E-state index contributed by atoms with van der Waals surface area (Å²) in [7, 11) is 0. The molecule has 98 valence electrons. The van der Waals surface area contributed by atoms with Crippen LogP contribution in [0.3, 0.4) is 0 Å². The van der Waals surface area contributed by atoms with Gasteiger partial charge in [-0.2, -0.15) is 0 Å². The fourth-order valence-corrected chi connectivity index (χ4v) is 2.63. The summed E-state index contributed by atoms with van der Waals surface area (Å²) in [6.45, 7) is 5.03. The van der Waals surface area contributed by atoms with Crippen molar-refractivity contribution in [3.63, 3.8) is 0 Å². The van der Waals surface area contributed by atoms with Gasteiger partial charge in [-0.1, -0.05) is 13.8 Å². The molecule has 4 nitrogen and oxygen atoms in total. The van der Waals surface area contributed by atoms with Crippen molar-refractivity contribution in [2.75, 3.05) is 6.54 Å². The molecule has 1 aliphatic carbocycles. The molecule has 0 aromatic heterocycles. The third kappa shape index (κ3) is 3.42. The van der Waals surface area contributed by atoms with E-state index < -0.39 is 6.10 Å². The zero-order valence-corrected chi connectivity index (χ0v) is 10.7. The Morgan fingerprint density at radius 3 is 2.53 bits per heavy atom. The van der Waals surface area contributed by atoms with Gasteiger partial charge in [0.25, 0.3) is 0 Å². The monoisotopic (exact) mass is 241 g/mol. The van der Waals surface area contributed by atoms with Crippen molar-refractivity contribution in [1.82, 2.24) is 5.32 Å². The minimum absolute atomic E-state index is 0.0788. The van der Waals surface area contributed by atoms with E-state index in [9.17, 15) is 9.90 Å². The molecule has 2 unspecified atom stereocenters. The first kappa shape index (κ1) is 12.8. The van der Waals surface area contributed by atoms with Gasteiger partial charge in [-0.05, 0) is 31.1 Å². The van der Waals surface area contributed by atoms with Crippen LogP contribution in [0.15, 0.2) is 0 Å². The molecule has 1 heterocycles. The summed E-state index contributed by atoms with van der Waals surface area (Å²) in [6, 6.07) is -0.306. The van der Waals surface area contributed by atoms with Crippen molar-refractivity contribution in [3.8, 4) is 0 Å². The minimum Gasteiger partial charge on any atom is -0.461 e. The molecule has 0 spiro atoms. The number of aliphatic hydroxyl groups excluding tert-OH is 1. The van der Waals surface area contributed by atoms with Gasteiger partial charge in [-0.3, -0.25) is 4.79 Å². The standard InChI is InChI=1S/C13H23NO3/c1-13(2)5-3-10(4-6-13)17-12(16)11-7-9(15)8-14-11/h9-11,14-15H,3-8H2,1-2H3. The van der Waals surface area contributed by atoms with E-state index in [1.807, 2.05) is 0 Å². The Hall–Kier alpha value is -0.610. The minimum atomic E-state index is -0.405. The van der Waals surface area contributed by atoms with Crippen LogP contribution in [0.4, 0.5) is 0 Å². The fraction of sp³-hybridized carbons (Fsp3) is 0.923. The van der Waals surface area contributed by atoms with E-state index in [2.05, 4.69) is 19.2 Å². The third-order valence-corrected chi connectivity index (χ3v) is 3.96. The molecule has 0 bridgehead atoms. The second kappa shape index (κ2) is 4.94. The van der Waals surface area contributed by atoms with Crippen molar-refractivity contribution >= 4 is 5.97 Å². The first-order valence-corrected chi connectivity index (χ1v) is 6.58. The second-order valence-corrected chi connectivity index (χ2v) is 6.15. The normalized spacial score (nSPS) is 33.6. The number of carbonyl (C=O) groups is 1. The Morgan fingerprint density at radius 2 is 2.00 bits per heavy atom. The molecule has 1 saturated carbocycles. The second-order valence-electron chi connectivity index (χ2n) is 6.15. The molecular formula is C13H23NO3. The van der Waals surface area contributed by atoms with Crippen molar-refractivity contribution in [1.29, 1.82) is 0 Å². The maximum Gasteiger partial charge on any atom is 0.323 e. The van der Waals surface area contributed by atoms with Gasteiger partial charge in [-0.15, -0.1) is 0 Å². The molecule has 2 aliphatic rings.